The Morgan fingerprint density at radius 3 is 1.02 bits per heavy atom. The van der Waals surface area contributed by atoms with Crippen LogP contribution >= 0.6 is 0 Å². The number of carboxylic acid groups (broad SMARTS) is 1. The van der Waals surface area contributed by atoms with Crippen LogP contribution in [0.2, 0.25) is 0 Å². The third-order valence-electron chi connectivity index (χ3n) is 24.9. The van der Waals surface area contributed by atoms with Crippen LogP contribution in [0.25, 0.3) is 18.2 Å². The Morgan fingerprint density at radius 1 is 0.400 bits per heavy atom. The third kappa shape index (κ3) is 37.2. The number of hydrogen-bond acceptors (Lipinski definition) is 40. The number of aliphatic carboxylic acids is 1. The second kappa shape index (κ2) is 59.8. The van der Waals surface area contributed by atoms with E-state index in [4.69, 9.17) is 38.7 Å². The summed E-state index contributed by atoms with van der Waals surface area (Å²) in [4.78, 5) is 139. The lowest BCUT2D eigenvalue weighted by molar-refractivity contribution is -0.141. The van der Waals surface area contributed by atoms with Crippen molar-refractivity contribution in [1.29, 1.82) is 0 Å². The average Bonchev–Trinajstić information content (AvgIpc) is 0.824. The number of rotatable bonds is 14. The van der Waals surface area contributed by atoms with Gasteiger partial charge >= 0.3 is 35.8 Å². The van der Waals surface area contributed by atoms with Gasteiger partial charge in [-0.15, -0.1) is 0 Å². The van der Waals surface area contributed by atoms with E-state index in [9.17, 15) is 134 Å². The van der Waals surface area contributed by atoms with Gasteiger partial charge in [-0.05, 0) is 170 Å². The molecule has 1 fully saturated rings. The van der Waals surface area contributed by atoms with Gasteiger partial charge in [-0.25, -0.2) is 28.8 Å². The summed E-state index contributed by atoms with van der Waals surface area (Å²) < 4.78 is 27.3. The van der Waals surface area contributed by atoms with Gasteiger partial charge in [-0.2, -0.15) is 0 Å². The summed E-state index contributed by atoms with van der Waals surface area (Å²) in [6.45, 7) is 21.0. The molecule has 0 spiro atoms. The first-order valence-electron chi connectivity index (χ1n) is 48.7. The van der Waals surface area contributed by atoms with Crippen molar-refractivity contribution in [3.63, 3.8) is 0 Å². The Morgan fingerprint density at radius 2 is 0.693 bits per heavy atom. The van der Waals surface area contributed by atoms with E-state index < -0.39 is 187 Å². The number of ketones is 5. The van der Waals surface area contributed by atoms with Crippen LogP contribution in [0.3, 0.4) is 0 Å². The number of aromatic hydroxyl groups is 5. The molecule has 41 heteroatoms. The van der Waals surface area contributed by atoms with Crippen LogP contribution in [0, 0.1) is 59.2 Å². The Labute approximate surface area is 867 Å². The Bertz CT molecular complexity index is 5950. The molecule has 1 saturated heterocycles. The first-order valence-corrected chi connectivity index (χ1v) is 48.7. The molecule has 0 saturated carbocycles. The van der Waals surface area contributed by atoms with Crippen molar-refractivity contribution < 1.29 is 173 Å². The summed E-state index contributed by atoms with van der Waals surface area (Å²) in [5, 5.41) is 195. The highest BCUT2D eigenvalue weighted by atomic mass is 16.7. The molecule has 24 N–H and O–H groups in total. The first-order chi connectivity index (χ1) is 71.0. The lowest BCUT2D eigenvalue weighted by Gasteiger charge is -2.24. The molecule has 5 aromatic rings. The highest BCUT2D eigenvalue weighted by molar-refractivity contribution is 6.02. The minimum Gasteiger partial charge on any atom is -0.507 e. The molecule has 6 aliphatic heterocycles. The number of benzene rings is 5. The van der Waals surface area contributed by atoms with Gasteiger partial charge in [-0.3, -0.25) is 34.3 Å². The maximum absolute atomic E-state index is 12.9. The van der Waals surface area contributed by atoms with E-state index in [2.05, 4.69) is 55.7 Å². The molecule has 812 valence electrons. The number of phenolic OH excluding ortho intramolecular Hbond substituents is 5. The second-order valence-corrected chi connectivity index (χ2v) is 36.7. The normalized spacial score (nSPS) is 27.8. The quantitative estimate of drug-likeness (QED) is 0.0231. The molecule has 41 nitrogen and oxygen atoms in total. The van der Waals surface area contributed by atoms with Crippen molar-refractivity contribution in [3.8, 4) is 52.4 Å². The Kier molecular flexibility index (Phi) is 48.9. The predicted molar refractivity (Wildman–Crippen MR) is 552 cm³/mol. The van der Waals surface area contributed by atoms with Gasteiger partial charge < -0.3 is 142 Å². The van der Waals surface area contributed by atoms with Crippen LogP contribution in [-0.4, -0.2) is 307 Å². The SMILES string of the molecule is CCNc1cc(O)c2c(c1)C#CC[C@H](O)[C@H](O)C(=O)/C=C\[C@@H](C)[C@H](C)OC2=O.CNc1cc(O)c2c(c1)C#CC[C@H](O)[C@H](O)C(=O)/C=C\[C@@H](C)[C@H](C)OC2=O.C[C@@H]1/C=C\C(=O)[C@@H](O)[C@@H](O)C/C=C/c2cc(NCC(O)CO)cc(O)c2C(=O)O[C@H]1C.C[C@@H]1/C=C\C(=O)[C@@H](O)[C@@H](O)C/C=C/c2cc(NCC3CCNCC3)cc(O)c2C(=O)O[C@H]1C.C[C@@H]1/C=C\C(=O)[C@@H](O)[C@@H](O)C/C=C/c2cc(NOCC(=O)O)cc(O)c2C(=O)O[C@H]1C. The van der Waals surface area contributed by atoms with Gasteiger partial charge in [0, 0.05) is 133 Å². The summed E-state index contributed by atoms with van der Waals surface area (Å²) in [7, 11) is 1.65. The summed E-state index contributed by atoms with van der Waals surface area (Å²) in [6, 6.07) is 14.6. The fraction of sp³-hybridized carbons (Fsp3) is 0.440. The number of cyclic esters (lactones) is 5. The predicted octanol–water partition coefficient (Wildman–Crippen LogP) is 6.94. The van der Waals surface area contributed by atoms with Crippen LogP contribution in [0.15, 0.2) is 140 Å². The molecular formula is C109H136N6O35. The van der Waals surface area contributed by atoms with Gasteiger partial charge in [0.1, 0.15) is 118 Å². The summed E-state index contributed by atoms with van der Waals surface area (Å²) in [5.74, 6) is -0.259. The van der Waals surface area contributed by atoms with Crippen molar-refractivity contribution >= 4 is 111 Å². The molecule has 0 bridgehead atoms. The molecule has 6 heterocycles. The molecular weight excluding hydrogens is 1950 g/mol. The van der Waals surface area contributed by atoms with Crippen molar-refractivity contribution in [3.05, 3.63) is 195 Å². The lowest BCUT2D eigenvalue weighted by Crippen LogP contribution is -2.32. The number of phenols is 5. The zero-order valence-electron chi connectivity index (χ0n) is 85.1. The topological polar surface area (TPSA) is 679 Å². The second-order valence-electron chi connectivity index (χ2n) is 36.7. The van der Waals surface area contributed by atoms with E-state index >= 15 is 0 Å². The summed E-state index contributed by atoms with van der Waals surface area (Å²) in [6.07, 6.45) is 4.87. The molecule has 11 rings (SSSR count). The van der Waals surface area contributed by atoms with Crippen LogP contribution in [0.5, 0.6) is 28.7 Å². The van der Waals surface area contributed by atoms with Gasteiger partial charge in [0.2, 0.25) is 0 Å². The van der Waals surface area contributed by atoms with E-state index in [1.807, 2.05) is 6.92 Å². The lowest BCUT2D eigenvalue weighted by atomic mass is 9.97. The monoisotopic (exact) mass is 2090 g/mol. The van der Waals surface area contributed by atoms with Crippen molar-refractivity contribution in [1.82, 2.24) is 5.32 Å². The Hall–Kier alpha value is -14.3. The van der Waals surface area contributed by atoms with Crippen LogP contribution in [0.4, 0.5) is 28.4 Å². The maximum atomic E-state index is 12.9. The Balaban J connectivity index is 0.000000254. The molecule has 6 aliphatic rings. The van der Waals surface area contributed by atoms with E-state index in [-0.39, 0.29) is 141 Å². The highest BCUT2D eigenvalue weighted by Crippen LogP contribution is 2.37. The zero-order valence-corrected chi connectivity index (χ0v) is 85.1. The fourth-order valence-corrected chi connectivity index (χ4v) is 14.7. The minimum atomic E-state index is -1.63. The largest absolute Gasteiger partial charge is 0.507 e. The van der Waals surface area contributed by atoms with E-state index in [0.29, 0.717) is 40.8 Å². The van der Waals surface area contributed by atoms with Gasteiger partial charge in [0.25, 0.3) is 0 Å². The average molecular weight is 2090 g/mol. The number of esters is 5. The number of ether oxygens (including phenoxy) is 5. The van der Waals surface area contributed by atoms with Crippen molar-refractivity contribution in [2.24, 2.45) is 35.5 Å². The smallest absolute Gasteiger partial charge is 0.343 e. The number of piperidine rings is 1. The minimum absolute atomic E-state index is 0.00527. The molecule has 1 unspecified atom stereocenters. The standard InChI is InChI=1S/C25H34N2O6.C22H29NO8.C21H25NO9.C21H25NO6.C20H23NO6/c1-15-6-7-21(29)24(31)20(28)5-3-4-18-12-19(27-14-17-8-10-26-11-9-17)13-22(30)23(18)25(32)33-16(15)2;1-12-6-7-18(27)21(29)17(26)5-3-4-14-8-15(23-10-16(25)11-24)9-19(28)20(14)22(30)31-13(12)2;1-11-6-7-16(24)20(28)15(23)5-3-4-13-8-14(22-30-10-18(26)27)9-17(25)19(13)21(29)31-12(11)2;1-4-22-15-10-14-6-5-7-16(23)20(26)17(24)9-8-12(2)13(3)28-21(27)19(14)18(25)11-15;1-11-7-8-16(23)19(25)15(22)6-4-5-13-9-14(21-3)10-17(24)18(13)20(26)27-12(11)2/h3-4,6-7,12-13,15-17,20,24,26-28,30-31H,5,8-11,14H2,1-2H3;3-4,6-9,12-13,16-17,21,23-26,28-29H,5,10-11H2,1-2H3;3-4,6-9,11-12,15,20,22-23,25,28H,5,10H2,1-2H3,(H,26,27);8-13,16,20,22-23,25-26H,4,7H2,1-3H3;7-12,15,19,21-22,24-25H,6H2,1-3H3/b3*4-3+,7-6-;9-8-;8-7-/t15-,16+,20+,24+;12-,13+,16?,17+,21+;11-,12+,15+,20+;12-,13+,16+,20+;11-,12+,15+,19+/m11111/s1. The van der Waals surface area contributed by atoms with Crippen molar-refractivity contribution in [2.45, 2.75) is 219 Å². The van der Waals surface area contributed by atoms with Gasteiger partial charge in [0.05, 0.1) is 48.9 Å². The number of aliphatic hydroxyl groups is 12. The van der Waals surface area contributed by atoms with Crippen LogP contribution < -0.4 is 32.1 Å². The number of nitrogens with one attached hydrogen (secondary N) is 6. The van der Waals surface area contributed by atoms with Crippen molar-refractivity contribution in [2.75, 3.05) is 79.7 Å². The fourth-order valence-electron chi connectivity index (χ4n) is 14.7. The number of carbonyl (C=O) groups excluding carboxylic acids is 10. The number of fused-ring (bicyclic) bond motifs is 5. The molecule has 0 radical (unpaired) electrons. The molecule has 0 aromatic heterocycles. The highest BCUT2D eigenvalue weighted by Gasteiger charge is 2.34. The van der Waals surface area contributed by atoms with Crippen LogP contribution in [0.1, 0.15) is 201 Å². The zero-order chi connectivity index (χ0) is 111. The maximum Gasteiger partial charge on any atom is 0.343 e. The number of anilines is 5. The van der Waals surface area contributed by atoms with E-state index in [1.54, 1.807) is 107 Å². The van der Waals surface area contributed by atoms with Gasteiger partial charge in [0.15, 0.2) is 35.5 Å². The summed E-state index contributed by atoms with van der Waals surface area (Å²) >= 11 is 0. The van der Waals surface area contributed by atoms with Gasteiger partial charge in [-0.1, -0.05) is 125 Å². The van der Waals surface area contributed by atoms with E-state index in [0.717, 1.165) is 56.8 Å². The number of hydrogen-bond donors (Lipinski definition) is 24. The molecule has 0 amide bonds. The third-order valence-corrected chi connectivity index (χ3v) is 24.9. The summed E-state index contributed by atoms with van der Waals surface area (Å²) in [5.41, 5.74) is 5.64. The number of carbonyl (C=O) groups is 11. The first kappa shape index (κ1) is 123. The molecule has 0 aliphatic carbocycles. The van der Waals surface area contributed by atoms with Crippen LogP contribution in [-0.2, 0) is 57.3 Å². The number of carboxylic acids is 1. The number of aliphatic hydroxyl groups excluding tert-OH is 12. The molecule has 5 aromatic carbocycles. The van der Waals surface area contributed by atoms with E-state index in [1.165, 1.54) is 103 Å². The molecule has 21 atom stereocenters. The molecule has 150 heavy (non-hydrogen) atoms.